The number of fused-ring (bicyclic) bond motifs is 3. The van der Waals surface area contributed by atoms with Crippen molar-refractivity contribution >= 4 is 34.8 Å². The van der Waals surface area contributed by atoms with Crippen LogP contribution in [0.25, 0.3) is 5.70 Å². The number of aryl methyl sites for hydroxylation is 1. The Balaban J connectivity index is 1.64. The lowest BCUT2D eigenvalue weighted by Crippen LogP contribution is -2.32. The molecule has 1 N–H and O–H groups in total. The molecule has 158 valence electrons. The van der Waals surface area contributed by atoms with Crippen LogP contribution < -0.4 is 10.1 Å². The van der Waals surface area contributed by atoms with Crippen LogP contribution >= 0.6 is 23.2 Å². The predicted octanol–water partition coefficient (Wildman–Crippen LogP) is 5.85. The van der Waals surface area contributed by atoms with Crippen LogP contribution in [0.1, 0.15) is 34.4 Å². The lowest BCUT2D eigenvalue weighted by molar-refractivity contribution is 0.223. The molecule has 0 spiro atoms. The zero-order valence-corrected chi connectivity index (χ0v) is 18.5. The summed E-state index contributed by atoms with van der Waals surface area (Å²) < 4.78 is 8.46. The number of pyridine rings is 1. The highest BCUT2D eigenvalue weighted by Crippen LogP contribution is 2.51. The Labute approximate surface area is 194 Å². The van der Waals surface area contributed by atoms with Crippen LogP contribution in [0.5, 0.6) is 5.75 Å². The summed E-state index contributed by atoms with van der Waals surface area (Å²) in [7, 11) is 0. The van der Waals surface area contributed by atoms with Crippen molar-refractivity contribution in [3.8, 4) is 5.75 Å². The van der Waals surface area contributed by atoms with E-state index in [2.05, 4.69) is 33.4 Å². The number of nitrogens with one attached hydrogen (secondary N) is 1. The Bertz CT molecular complexity index is 1380. The van der Waals surface area contributed by atoms with Gasteiger partial charge in [0.15, 0.2) is 0 Å². The fourth-order valence-corrected chi connectivity index (χ4v) is 4.70. The minimum atomic E-state index is -0.412. The Morgan fingerprint density at radius 2 is 1.94 bits per heavy atom. The Morgan fingerprint density at radius 1 is 1.03 bits per heavy atom. The van der Waals surface area contributed by atoms with E-state index in [1.54, 1.807) is 18.6 Å². The van der Waals surface area contributed by atoms with Crippen molar-refractivity contribution < 1.29 is 4.74 Å². The molecular weight excluding hydrogens is 445 g/mol. The summed E-state index contributed by atoms with van der Waals surface area (Å²) >= 11 is 12.6. The van der Waals surface area contributed by atoms with Crippen LogP contribution in [-0.4, -0.2) is 19.7 Å². The van der Waals surface area contributed by atoms with E-state index in [1.807, 2.05) is 47.3 Å². The van der Waals surface area contributed by atoms with Crippen molar-refractivity contribution in [2.75, 3.05) is 5.32 Å². The van der Waals surface area contributed by atoms with E-state index < -0.39 is 6.10 Å². The Kier molecular flexibility index (Phi) is 4.45. The highest BCUT2D eigenvalue weighted by atomic mass is 35.5. The largest absolute Gasteiger partial charge is 0.480 e. The van der Waals surface area contributed by atoms with Crippen LogP contribution in [-0.2, 0) is 0 Å². The first kappa shape index (κ1) is 19.3. The van der Waals surface area contributed by atoms with E-state index in [0.717, 1.165) is 39.3 Å². The fraction of sp³-hybridized carbons (Fsp3) is 0.125. The number of hydrogen-bond donors (Lipinski definition) is 1. The maximum atomic E-state index is 6.60. The highest BCUT2D eigenvalue weighted by molar-refractivity contribution is 6.42. The average Bonchev–Trinajstić information content (AvgIpc) is 3.28. The van der Waals surface area contributed by atoms with Gasteiger partial charge in [-0.25, -0.2) is 4.68 Å². The first-order valence-electron chi connectivity index (χ1n) is 10.1. The summed E-state index contributed by atoms with van der Waals surface area (Å²) in [5.41, 5.74) is 5.97. The zero-order valence-electron chi connectivity index (χ0n) is 17.0. The van der Waals surface area contributed by atoms with Gasteiger partial charge in [-0.1, -0.05) is 47.0 Å². The van der Waals surface area contributed by atoms with Gasteiger partial charge in [-0.2, -0.15) is 10.1 Å². The van der Waals surface area contributed by atoms with Crippen molar-refractivity contribution in [1.82, 2.24) is 19.7 Å². The van der Waals surface area contributed by atoms with Crippen molar-refractivity contribution in [2.24, 2.45) is 0 Å². The lowest BCUT2D eigenvalue weighted by Gasteiger charge is -2.39. The summed E-state index contributed by atoms with van der Waals surface area (Å²) in [4.78, 5) is 8.80. The summed E-state index contributed by atoms with van der Waals surface area (Å²) in [6.07, 6.45) is 4.75. The van der Waals surface area contributed by atoms with E-state index in [-0.39, 0.29) is 6.04 Å². The lowest BCUT2D eigenvalue weighted by atomic mass is 9.85. The molecule has 2 aromatic heterocycles. The standard InChI is InChI=1S/C24H17Cl2N5O/c1-13-4-7-19-16(9-13)21-20(23(32-19)14-5-6-17(25)18(26)10-14)22(15-3-2-8-27-11-15)31-24(30-21)28-12-29-31/h2-12,22-23H,1H3,(H,28,29,30)/t22-,23+/m1/s1. The van der Waals surface area contributed by atoms with Crippen LogP contribution in [0.3, 0.4) is 0 Å². The minimum Gasteiger partial charge on any atom is -0.480 e. The quantitative estimate of drug-likeness (QED) is 0.405. The van der Waals surface area contributed by atoms with Crippen LogP contribution in [0.4, 0.5) is 5.95 Å². The zero-order chi connectivity index (χ0) is 21.8. The van der Waals surface area contributed by atoms with Crippen molar-refractivity contribution in [2.45, 2.75) is 19.1 Å². The monoisotopic (exact) mass is 461 g/mol. The number of hydrogen-bond acceptors (Lipinski definition) is 5. The van der Waals surface area contributed by atoms with Crippen molar-refractivity contribution in [3.05, 3.63) is 105 Å². The average molecular weight is 462 g/mol. The fourth-order valence-electron chi connectivity index (χ4n) is 4.39. The number of nitrogens with zero attached hydrogens (tertiary/aromatic N) is 4. The van der Waals surface area contributed by atoms with E-state index in [1.165, 1.54) is 0 Å². The van der Waals surface area contributed by atoms with Gasteiger partial charge in [-0.05, 0) is 48.4 Å². The van der Waals surface area contributed by atoms with Gasteiger partial charge < -0.3 is 10.1 Å². The first-order valence-corrected chi connectivity index (χ1v) is 10.9. The Morgan fingerprint density at radius 3 is 2.75 bits per heavy atom. The number of anilines is 1. The highest BCUT2D eigenvalue weighted by Gasteiger charge is 2.41. The van der Waals surface area contributed by atoms with Crippen molar-refractivity contribution in [1.29, 1.82) is 0 Å². The van der Waals surface area contributed by atoms with Gasteiger partial charge in [0.2, 0.25) is 5.95 Å². The molecule has 0 unspecified atom stereocenters. The molecule has 0 saturated carbocycles. The minimum absolute atomic E-state index is 0.259. The molecular formula is C24H17Cl2N5O. The third-order valence-electron chi connectivity index (χ3n) is 5.82. The molecule has 0 amide bonds. The molecule has 2 aromatic carbocycles. The first-order chi connectivity index (χ1) is 15.6. The number of aromatic nitrogens is 4. The van der Waals surface area contributed by atoms with Crippen LogP contribution in [0.15, 0.2) is 72.8 Å². The molecule has 0 fully saturated rings. The summed E-state index contributed by atoms with van der Waals surface area (Å²) in [5, 5.41) is 8.99. The summed E-state index contributed by atoms with van der Waals surface area (Å²) in [6, 6.07) is 15.5. The second-order valence-electron chi connectivity index (χ2n) is 7.84. The number of ether oxygens (including phenoxy) is 1. The van der Waals surface area contributed by atoms with E-state index in [9.17, 15) is 0 Å². The van der Waals surface area contributed by atoms with E-state index in [4.69, 9.17) is 27.9 Å². The maximum absolute atomic E-state index is 6.60. The summed E-state index contributed by atoms with van der Waals surface area (Å²) in [6.45, 7) is 2.06. The van der Waals surface area contributed by atoms with Gasteiger partial charge in [-0.3, -0.25) is 4.98 Å². The molecule has 0 aliphatic carbocycles. The van der Waals surface area contributed by atoms with Gasteiger partial charge in [0, 0.05) is 23.5 Å². The molecule has 8 heteroatoms. The molecule has 4 aromatic rings. The van der Waals surface area contributed by atoms with Gasteiger partial charge >= 0.3 is 0 Å². The maximum Gasteiger partial charge on any atom is 0.226 e. The molecule has 32 heavy (non-hydrogen) atoms. The molecule has 6 nitrogen and oxygen atoms in total. The molecule has 2 atom stereocenters. The predicted molar refractivity (Wildman–Crippen MR) is 124 cm³/mol. The molecule has 0 radical (unpaired) electrons. The van der Waals surface area contributed by atoms with Gasteiger partial charge in [0.05, 0.1) is 15.7 Å². The topological polar surface area (TPSA) is 64.9 Å². The van der Waals surface area contributed by atoms with Gasteiger partial charge in [-0.15, -0.1) is 0 Å². The molecule has 6 rings (SSSR count). The van der Waals surface area contributed by atoms with Crippen molar-refractivity contribution in [3.63, 3.8) is 0 Å². The van der Waals surface area contributed by atoms with Gasteiger partial charge in [0.1, 0.15) is 24.2 Å². The molecule has 0 bridgehead atoms. The third kappa shape index (κ3) is 2.98. The molecule has 2 aliphatic rings. The van der Waals surface area contributed by atoms with Crippen LogP contribution in [0.2, 0.25) is 10.0 Å². The molecule has 2 aliphatic heterocycles. The number of benzene rings is 2. The SMILES string of the molecule is Cc1ccc2c(c1)C1=C([C@H](c3ccc(Cl)c(Cl)c3)O2)[C@@H](c2cccnc2)n2ncnc2N1. The van der Waals surface area contributed by atoms with E-state index in [0.29, 0.717) is 16.0 Å². The summed E-state index contributed by atoms with van der Waals surface area (Å²) in [5.74, 6) is 1.45. The number of halogens is 2. The van der Waals surface area contributed by atoms with Crippen LogP contribution in [0, 0.1) is 6.92 Å². The number of rotatable bonds is 2. The Hall–Kier alpha value is -3.35. The van der Waals surface area contributed by atoms with E-state index >= 15 is 0 Å². The molecule has 0 saturated heterocycles. The smallest absolute Gasteiger partial charge is 0.226 e. The normalized spacial score (nSPS) is 18.8. The second kappa shape index (κ2) is 7.36. The van der Waals surface area contributed by atoms with Gasteiger partial charge in [0.25, 0.3) is 0 Å². The second-order valence-corrected chi connectivity index (χ2v) is 8.66. The molecule has 4 heterocycles. The third-order valence-corrected chi connectivity index (χ3v) is 6.55.